The maximum Gasteiger partial charge on any atom is 0.0382 e. The number of nitrogens with two attached hydrogens (primary N) is 1. The molecule has 1 saturated carbocycles. The zero-order chi connectivity index (χ0) is 13.8. The minimum Gasteiger partial charge on any atom is -0.329 e. The van der Waals surface area contributed by atoms with Gasteiger partial charge in [-0.3, -0.25) is 4.90 Å². The first-order valence-corrected chi connectivity index (χ1v) is 7.49. The molecule has 0 bridgehead atoms. The Bertz CT molecular complexity index is 250. The molecule has 1 unspecified atom stereocenters. The Balaban J connectivity index is 2.71. The quantitative estimate of drug-likeness (QED) is 0.757. The first-order chi connectivity index (χ1) is 8.39. The largest absolute Gasteiger partial charge is 0.329 e. The third kappa shape index (κ3) is 3.06. The Hall–Kier alpha value is -0.120. The molecule has 0 saturated heterocycles. The second-order valence-electron chi connectivity index (χ2n) is 6.71. The lowest BCUT2D eigenvalue weighted by Gasteiger charge is -2.49. The van der Waals surface area contributed by atoms with E-state index in [-0.39, 0.29) is 5.54 Å². The predicted molar refractivity (Wildman–Crippen MR) is 79.8 cm³/mol. The van der Waals surface area contributed by atoms with Crippen molar-refractivity contribution in [3.63, 3.8) is 0 Å². The molecule has 108 valence electrons. The van der Waals surface area contributed by atoms with Crippen LogP contribution >= 0.6 is 0 Å². The fraction of sp³-hybridized carbons (Fsp3) is 1.00. The molecule has 0 aromatic carbocycles. The zero-order valence-electron chi connectivity index (χ0n) is 13.1. The van der Waals surface area contributed by atoms with E-state index in [1.165, 1.54) is 32.2 Å². The fourth-order valence-electron chi connectivity index (χ4n) is 3.74. The van der Waals surface area contributed by atoms with Crippen LogP contribution in [0, 0.1) is 5.41 Å². The fourth-order valence-corrected chi connectivity index (χ4v) is 3.74. The molecule has 0 spiro atoms. The molecule has 18 heavy (non-hydrogen) atoms. The van der Waals surface area contributed by atoms with Crippen molar-refractivity contribution in [2.75, 3.05) is 40.3 Å². The third-order valence-corrected chi connectivity index (χ3v) is 5.01. The average Bonchev–Trinajstić information content (AvgIpc) is 2.60. The molecule has 3 heteroatoms. The van der Waals surface area contributed by atoms with Crippen LogP contribution in [0.1, 0.15) is 46.5 Å². The van der Waals surface area contributed by atoms with E-state index in [0.29, 0.717) is 5.41 Å². The summed E-state index contributed by atoms with van der Waals surface area (Å²) in [7, 11) is 4.29. The molecule has 1 aliphatic carbocycles. The topological polar surface area (TPSA) is 32.5 Å². The molecule has 1 aliphatic rings. The van der Waals surface area contributed by atoms with E-state index >= 15 is 0 Å². The van der Waals surface area contributed by atoms with Crippen LogP contribution in [0.15, 0.2) is 0 Å². The van der Waals surface area contributed by atoms with Crippen LogP contribution in [0.25, 0.3) is 0 Å². The Kier molecular flexibility index (Phi) is 5.63. The summed E-state index contributed by atoms with van der Waals surface area (Å²) in [4.78, 5) is 4.92. The zero-order valence-corrected chi connectivity index (χ0v) is 13.1. The van der Waals surface area contributed by atoms with Gasteiger partial charge in [0.15, 0.2) is 0 Å². The normalized spacial score (nSPS) is 27.3. The van der Waals surface area contributed by atoms with E-state index in [2.05, 4.69) is 44.7 Å². The Morgan fingerprint density at radius 2 is 1.78 bits per heavy atom. The number of likely N-dealkylation sites (N-methyl/N-ethyl adjacent to an activating group) is 1. The molecule has 0 aromatic heterocycles. The van der Waals surface area contributed by atoms with E-state index in [0.717, 1.165) is 19.6 Å². The highest BCUT2D eigenvalue weighted by atomic mass is 15.2. The van der Waals surface area contributed by atoms with Crippen LogP contribution in [0.5, 0.6) is 0 Å². The first kappa shape index (κ1) is 15.9. The molecular weight excluding hydrogens is 222 g/mol. The van der Waals surface area contributed by atoms with E-state index in [1.807, 2.05) is 0 Å². The van der Waals surface area contributed by atoms with Gasteiger partial charge in [-0.15, -0.1) is 0 Å². The molecular formula is C15H33N3. The van der Waals surface area contributed by atoms with Crippen LogP contribution < -0.4 is 5.73 Å². The van der Waals surface area contributed by atoms with E-state index in [4.69, 9.17) is 5.73 Å². The van der Waals surface area contributed by atoms with Crippen molar-refractivity contribution < 1.29 is 0 Å². The number of rotatable bonds is 7. The number of hydrogen-bond donors (Lipinski definition) is 1. The van der Waals surface area contributed by atoms with E-state index in [1.54, 1.807) is 0 Å². The summed E-state index contributed by atoms with van der Waals surface area (Å²) in [5.74, 6) is 0. The van der Waals surface area contributed by atoms with Gasteiger partial charge in [0.05, 0.1) is 0 Å². The van der Waals surface area contributed by atoms with E-state index in [9.17, 15) is 0 Å². The molecule has 0 heterocycles. The smallest absolute Gasteiger partial charge is 0.0382 e. The molecule has 0 aliphatic heterocycles. The van der Waals surface area contributed by atoms with Crippen molar-refractivity contribution in [1.82, 2.24) is 9.80 Å². The summed E-state index contributed by atoms with van der Waals surface area (Å²) in [6, 6.07) is 0. The highest BCUT2D eigenvalue weighted by Crippen LogP contribution is 2.49. The number of hydrogen-bond acceptors (Lipinski definition) is 3. The van der Waals surface area contributed by atoms with Gasteiger partial charge in [0, 0.05) is 12.1 Å². The Morgan fingerprint density at radius 1 is 1.11 bits per heavy atom. The van der Waals surface area contributed by atoms with Crippen molar-refractivity contribution in [2.45, 2.75) is 52.0 Å². The average molecular weight is 255 g/mol. The van der Waals surface area contributed by atoms with Gasteiger partial charge in [-0.1, -0.05) is 27.2 Å². The second-order valence-corrected chi connectivity index (χ2v) is 6.71. The lowest BCUT2D eigenvalue weighted by molar-refractivity contribution is 0.0146. The predicted octanol–water partition coefficient (Wildman–Crippen LogP) is 2.17. The van der Waals surface area contributed by atoms with Crippen LogP contribution in [0.2, 0.25) is 0 Å². The van der Waals surface area contributed by atoms with Crippen LogP contribution in [-0.4, -0.2) is 55.6 Å². The standard InChI is InChI=1S/C15H33N3/c1-6-18(12-8-11-17(4)5)15(13-16)10-7-9-14(15,2)3/h6-13,16H2,1-5H3. The first-order valence-electron chi connectivity index (χ1n) is 7.49. The van der Waals surface area contributed by atoms with Crippen molar-refractivity contribution >= 4 is 0 Å². The highest BCUT2D eigenvalue weighted by molar-refractivity contribution is 5.06. The van der Waals surface area contributed by atoms with Crippen LogP contribution in [0.4, 0.5) is 0 Å². The third-order valence-electron chi connectivity index (χ3n) is 5.01. The maximum absolute atomic E-state index is 6.20. The maximum atomic E-state index is 6.20. The summed E-state index contributed by atoms with van der Waals surface area (Å²) < 4.78 is 0. The minimum atomic E-state index is 0.230. The van der Waals surface area contributed by atoms with Gasteiger partial charge in [-0.05, 0) is 58.4 Å². The minimum absolute atomic E-state index is 0.230. The molecule has 0 aromatic rings. The molecule has 3 nitrogen and oxygen atoms in total. The van der Waals surface area contributed by atoms with Gasteiger partial charge < -0.3 is 10.6 Å². The Morgan fingerprint density at radius 3 is 2.17 bits per heavy atom. The molecule has 1 atom stereocenters. The highest BCUT2D eigenvalue weighted by Gasteiger charge is 2.50. The molecule has 0 amide bonds. The number of nitrogens with zero attached hydrogens (tertiary/aromatic N) is 2. The van der Waals surface area contributed by atoms with Gasteiger partial charge in [0.25, 0.3) is 0 Å². The SMILES string of the molecule is CCN(CCCN(C)C)C1(CN)CCCC1(C)C. The molecule has 2 N–H and O–H groups in total. The van der Waals surface area contributed by atoms with Gasteiger partial charge >= 0.3 is 0 Å². The van der Waals surface area contributed by atoms with Gasteiger partial charge in [-0.25, -0.2) is 0 Å². The van der Waals surface area contributed by atoms with Gasteiger partial charge in [0.2, 0.25) is 0 Å². The van der Waals surface area contributed by atoms with Gasteiger partial charge in [-0.2, -0.15) is 0 Å². The lowest BCUT2D eigenvalue weighted by atomic mass is 9.73. The van der Waals surface area contributed by atoms with Crippen molar-refractivity contribution in [2.24, 2.45) is 11.1 Å². The summed E-state index contributed by atoms with van der Waals surface area (Å²) in [5, 5.41) is 0. The molecule has 1 fully saturated rings. The van der Waals surface area contributed by atoms with Gasteiger partial charge in [0.1, 0.15) is 0 Å². The van der Waals surface area contributed by atoms with Crippen LogP contribution in [0.3, 0.4) is 0 Å². The molecule has 0 radical (unpaired) electrons. The summed E-state index contributed by atoms with van der Waals surface area (Å²) >= 11 is 0. The van der Waals surface area contributed by atoms with Crippen molar-refractivity contribution in [3.05, 3.63) is 0 Å². The monoisotopic (exact) mass is 255 g/mol. The molecule has 1 rings (SSSR count). The van der Waals surface area contributed by atoms with Crippen molar-refractivity contribution in [3.8, 4) is 0 Å². The second kappa shape index (κ2) is 6.36. The summed E-state index contributed by atoms with van der Waals surface area (Å²) in [6.07, 6.45) is 5.15. The van der Waals surface area contributed by atoms with Crippen molar-refractivity contribution in [1.29, 1.82) is 0 Å². The van der Waals surface area contributed by atoms with E-state index < -0.39 is 0 Å². The lowest BCUT2D eigenvalue weighted by Crippen LogP contribution is -2.60. The Labute approximate surface area is 114 Å². The van der Waals surface area contributed by atoms with Crippen LogP contribution in [-0.2, 0) is 0 Å². The summed E-state index contributed by atoms with van der Waals surface area (Å²) in [5.41, 5.74) is 6.79. The summed E-state index contributed by atoms with van der Waals surface area (Å²) in [6.45, 7) is 11.3.